The molecule has 1 nitrogen and oxygen atoms in total. The molecule has 0 aromatic heterocycles. The second-order valence-corrected chi connectivity index (χ2v) is 3.62. The summed E-state index contributed by atoms with van der Waals surface area (Å²) < 4.78 is 0. The maximum atomic E-state index is 5.78. The van der Waals surface area contributed by atoms with E-state index >= 15 is 0 Å². The van der Waals surface area contributed by atoms with Crippen LogP contribution in [0.1, 0.15) is 0 Å². The topological polar surface area (TPSA) is 3.24 Å². The summed E-state index contributed by atoms with van der Waals surface area (Å²) in [6.45, 7) is 4.84. The fourth-order valence-corrected chi connectivity index (χ4v) is 1.10. The zero-order valence-electron chi connectivity index (χ0n) is 7.71. The predicted octanol–water partition coefficient (Wildman–Crippen LogP) is 3.03. The third-order valence-electron chi connectivity index (χ3n) is 2.01. The van der Waals surface area contributed by atoms with E-state index in [-0.39, 0.29) is 0 Å². The number of rotatable bonds is 2. The second kappa shape index (κ2) is 3.86. The molecule has 0 unspecified atom stereocenters. The highest BCUT2D eigenvalue weighted by Crippen LogP contribution is 2.17. The van der Waals surface area contributed by atoms with E-state index in [2.05, 4.69) is 25.5 Å². The molecule has 0 atom stereocenters. The Bertz CT molecular complexity index is 245. The molecule has 0 fully saturated rings. The predicted molar refractivity (Wildman–Crippen MR) is 57.3 cm³/mol. The third kappa shape index (κ3) is 2.18. The fraction of sp³-hybridized carbons (Fsp3) is 0.333. The van der Waals surface area contributed by atoms with Gasteiger partial charge in [-0.1, -0.05) is 25.2 Å². The van der Waals surface area contributed by atoms with Crippen LogP contribution in [0.3, 0.4) is 0 Å². The van der Waals surface area contributed by atoms with Gasteiger partial charge in [-0.3, -0.25) is 0 Å². The monoisotopic (exact) mass is 181 g/mol. The maximum Gasteiger partial charge on any atom is 0.247 e. The van der Waals surface area contributed by atoms with Gasteiger partial charge in [0.25, 0.3) is 0 Å². The summed E-state index contributed by atoms with van der Waals surface area (Å²) in [5.74, 6) is 0. The Morgan fingerprint density at radius 1 is 1.17 bits per heavy atom. The number of nitrogens with zero attached hydrogens (tertiary/aromatic N) is 1. The molecule has 1 rings (SSSR count). The van der Waals surface area contributed by atoms with Gasteiger partial charge in [0.05, 0.1) is 0 Å². The van der Waals surface area contributed by atoms with Crippen LogP contribution in [-0.2, 0) is 0 Å². The zero-order chi connectivity index (χ0) is 9.14. The van der Waals surface area contributed by atoms with Gasteiger partial charge in [0.1, 0.15) is 0 Å². The highest BCUT2D eigenvalue weighted by atomic mass is 35.5. The Morgan fingerprint density at radius 2 is 1.67 bits per heavy atom. The number of benzene rings is 1. The van der Waals surface area contributed by atoms with Gasteiger partial charge in [-0.15, -0.1) is 0 Å². The number of hydrogen-bond donors (Lipinski definition) is 0. The van der Waals surface area contributed by atoms with Crippen molar-refractivity contribution in [2.24, 2.45) is 0 Å². The van der Waals surface area contributed by atoms with E-state index in [9.17, 15) is 0 Å². The van der Waals surface area contributed by atoms with Gasteiger partial charge < -0.3 is 4.81 Å². The van der Waals surface area contributed by atoms with Gasteiger partial charge in [-0.2, -0.15) is 0 Å². The molecule has 0 amide bonds. The van der Waals surface area contributed by atoms with Gasteiger partial charge >= 0.3 is 0 Å². The van der Waals surface area contributed by atoms with Crippen LogP contribution in [0.4, 0.5) is 5.69 Å². The summed E-state index contributed by atoms with van der Waals surface area (Å²) in [6, 6.07) is 7.89. The molecule has 0 N–H and O–H groups in total. The van der Waals surface area contributed by atoms with E-state index in [0.29, 0.717) is 6.85 Å². The lowest BCUT2D eigenvalue weighted by atomic mass is 9.66. The minimum Gasteiger partial charge on any atom is -0.418 e. The van der Waals surface area contributed by atoms with E-state index in [1.54, 1.807) is 0 Å². The van der Waals surface area contributed by atoms with E-state index in [4.69, 9.17) is 11.6 Å². The Balaban J connectivity index is 2.82. The number of halogens is 1. The molecule has 0 saturated carbocycles. The summed E-state index contributed by atoms with van der Waals surface area (Å²) in [7, 11) is 2.08. The SMILES string of the molecule is CB(C)N(C)c1ccc(Cl)cc1. The molecule has 0 heterocycles. The summed E-state index contributed by atoms with van der Waals surface area (Å²) in [6.07, 6.45) is 0. The minimum atomic E-state index is 0.520. The molecule has 0 bridgehead atoms. The lowest BCUT2D eigenvalue weighted by molar-refractivity contribution is 1.29. The quantitative estimate of drug-likeness (QED) is 0.634. The van der Waals surface area contributed by atoms with Crippen LogP contribution in [-0.4, -0.2) is 13.9 Å². The normalized spacial score (nSPS) is 9.67. The lowest BCUT2D eigenvalue weighted by Crippen LogP contribution is -2.29. The molecule has 3 heteroatoms. The van der Waals surface area contributed by atoms with Crippen LogP contribution < -0.4 is 4.81 Å². The summed E-state index contributed by atoms with van der Waals surface area (Å²) in [5, 5.41) is 0.788. The molecule has 0 aliphatic heterocycles. The molecule has 1 aromatic rings. The molecule has 0 saturated heterocycles. The molecule has 12 heavy (non-hydrogen) atoms. The lowest BCUT2D eigenvalue weighted by Gasteiger charge is -2.21. The smallest absolute Gasteiger partial charge is 0.247 e. The van der Waals surface area contributed by atoms with E-state index in [0.717, 1.165) is 5.02 Å². The average Bonchev–Trinajstić information content (AvgIpc) is 2.04. The van der Waals surface area contributed by atoms with Crippen molar-refractivity contribution in [2.75, 3.05) is 11.9 Å². The van der Waals surface area contributed by atoms with Crippen molar-refractivity contribution < 1.29 is 0 Å². The van der Waals surface area contributed by atoms with Crippen molar-refractivity contribution in [3.8, 4) is 0 Å². The summed E-state index contributed by atoms with van der Waals surface area (Å²) in [4.78, 5) is 2.20. The van der Waals surface area contributed by atoms with Crippen molar-refractivity contribution in [1.82, 2.24) is 0 Å². The molecular weight excluding hydrogens is 168 g/mol. The first kappa shape index (κ1) is 9.46. The minimum absolute atomic E-state index is 0.520. The maximum absolute atomic E-state index is 5.78. The summed E-state index contributed by atoms with van der Waals surface area (Å²) in [5.41, 5.74) is 1.20. The molecule has 0 aliphatic carbocycles. The van der Waals surface area contributed by atoms with Crippen LogP contribution >= 0.6 is 11.6 Å². The average molecular weight is 181 g/mol. The van der Waals surface area contributed by atoms with Gasteiger partial charge in [0.2, 0.25) is 6.85 Å². The highest BCUT2D eigenvalue weighted by Gasteiger charge is 2.07. The first-order chi connectivity index (χ1) is 5.61. The van der Waals surface area contributed by atoms with E-state index in [1.807, 2.05) is 24.3 Å². The molecule has 64 valence electrons. The van der Waals surface area contributed by atoms with Crippen molar-refractivity contribution >= 4 is 24.1 Å². The molecule has 0 radical (unpaired) electrons. The molecule has 0 spiro atoms. The van der Waals surface area contributed by atoms with Gasteiger partial charge in [-0.25, -0.2) is 0 Å². The Morgan fingerprint density at radius 3 is 2.08 bits per heavy atom. The summed E-state index contributed by atoms with van der Waals surface area (Å²) >= 11 is 5.78. The first-order valence-corrected chi connectivity index (χ1v) is 4.47. The zero-order valence-corrected chi connectivity index (χ0v) is 8.47. The van der Waals surface area contributed by atoms with Gasteiger partial charge in [0.15, 0.2) is 0 Å². The number of hydrogen-bond acceptors (Lipinski definition) is 1. The Kier molecular flexibility index (Phi) is 3.04. The van der Waals surface area contributed by atoms with Crippen molar-refractivity contribution in [3.05, 3.63) is 29.3 Å². The van der Waals surface area contributed by atoms with Crippen LogP contribution in [0.2, 0.25) is 18.7 Å². The molecule has 0 aliphatic rings. The van der Waals surface area contributed by atoms with E-state index < -0.39 is 0 Å². The fourth-order valence-electron chi connectivity index (χ4n) is 0.974. The van der Waals surface area contributed by atoms with Crippen LogP contribution in [0.25, 0.3) is 0 Å². The third-order valence-corrected chi connectivity index (χ3v) is 2.26. The molecular formula is C9H13BClN. The van der Waals surface area contributed by atoms with Crippen molar-refractivity contribution in [1.29, 1.82) is 0 Å². The number of anilines is 1. The molecule has 1 aromatic carbocycles. The highest BCUT2D eigenvalue weighted by molar-refractivity contribution is 6.60. The Labute approximate surface area is 79.4 Å². The van der Waals surface area contributed by atoms with Gasteiger partial charge in [0, 0.05) is 10.7 Å². The largest absolute Gasteiger partial charge is 0.418 e. The standard InChI is InChI=1S/C9H13BClN/c1-10(2)12(3)9-6-4-8(11)5-7-9/h4-7H,1-3H3. The van der Waals surface area contributed by atoms with Crippen molar-refractivity contribution in [2.45, 2.75) is 13.6 Å². The van der Waals surface area contributed by atoms with Crippen LogP contribution in [0, 0.1) is 0 Å². The van der Waals surface area contributed by atoms with E-state index in [1.165, 1.54) is 5.69 Å². The van der Waals surface area contributed by atoms with Gasteiger partial charge in [-0.05, 0) is 31.3 Å². The van der Waals surface area contributed by atoms with Crippen LogP contribution in [0.15, 0.2) is 24.3 Å². The first-order valence-electron chi connectivity index (χ1n) is 4.09. The second-order valence-electron chi connectivity index (χ2n) is 3.18. The van der Waals surface area contributed by atoms with Crippen molar-refractivity contribution in [3.63, 3.8) is 0 Å². The van der Waals surface area contributed by atoms with Crippen LogP contribution in [0.5, 0.6) is 0 Å². The Hall–Kier alpha value is -0.625.